The zero-order chi connectivity index (χ0) is 16.9. The van der Waals surface area contributed by atoms with Gasteiger partial charge in [0.2, 0.25) is 0 Å². The molecule has 2 aromatic carbocycles. The number of benzene rings is 2. The minimum Gasteiger partial charge on any atom is -0.544 e. The summed E-state index contributed by atoms with van der Waals surface area (Å²) in [6, 6.07) is 4.63. The standard InChI is InChI=1S/C15H5ClF4O2S.H3N/c16-5-1-2-6-9(3-5)23-14(15(21)22)10(6)7-4-8(17)12(19)13(20)11(7)18;/h1-4H,(H,21,22);1H3. The second kappa shape index (κ2) is 6.39. The first-order valence-electron chi connectivity index (χ1n) is 6.08. The van der Waals surface area contributed by atoms with Crippen LogP contribution in [0, 0.1) is 23.3 Å². The van der Waals surface area contributed by atoms with Gasteiger partial charge in [-0.2, -0.15) is 0 Å². The van der Waals surface area contributed by atoms with E-state index in [-0.39, 0.29) is 17.1 Å². The van der Waals surface area contributed by atoms with Crippen LogP contribution in [-0.4, -0.2) is 5.97 Å². The minimum atomic E-state index is -2.02. The molecule has 126 valence electrons. The lowest BCUT2D eigenvalue weighted by Crippen LogP contribution is -2.21. The fourth-order valence-electron chi connectivity index (χ4n) is 2.24. The van der Waals surface area contributed by atoms with Crippen molar-refractivity contribution in [3.63, 3.8) is 0 Å². The molecule has 0 unspecified atom stereocenters. The number of quaternary nitrogens is 1. The van der Waals surface area contributed by atoms with E-state index in [0.717, 1.165) is 0 Å². The van der Waals surface area contributed by atoms with Gasteiger partial charge in [-0.3, -0.25) is 0 Å². The lowest BCUT2D eigenvalue weighted by molar-refractivity contribution is -0.254. The molecule has 0 radical (unpaired) electrons. The van der Waals surface area contributed by atoms with Gasteiger partial charge in [-0.15, -0.1) is 11.3 Å². The summed E-state index contributed by atoms with van der Waals surface area (Å²) < 4.78 is 54.4. The van der Waals surface area contributed by atoms with Crippen LogP contribution in [0.2, 0.25) is 5.02 Å². The predicted molar refractivity (Wildman–Crippen MR) is 82.4 cm³/mol. The number of carboxylic acid groups (broad SMARTS) is 1. The quantitative estimate of drug-likeness (QED) is 0.405. The number of carbonyl (C=O) groups excluding carboxylic acids is 1. The molecule has 24 heavy (non-hydrogen) atoms. The molecule has 0 saturated carbocycles. The van der Waals surface area contributed by atoms with Crippen molar-refractivity contribution >= 4 is 39.0 Å². The smallest absolute Gasteiger partial charge is 0.198 e. The van der Waals surface area contributed by atoms with E-state index in [1.807, 2.05) is 0 Å². The molecule has 9 heteroatoms. The first kappa shape index (κ1) is 18.2. The maximum Gasteiger partial charge on any atom is 0.198 e. The number of hydrogen-bond acceptors (Lipinski definition) is 3. The number of thiophene rings is 1. The summed E-state index contributed by atoms with van der Waals surface area (Å²) in [5.74, 6) is -8.94. The third-order valence-corrected chi connectivity index (χ3v) is 4.58. The molecule has 3 aromatic rings. The number of carbonyl (C=O) groups is 1. The highest BCUT2D eigenvalue weighted by atomic mass is 35.5. The van der Waals surface area contributed by atoms with E-state index in [1.165, 1.54) is 18.2 Å². The molecule has 0 bridgehead atoms. The van der Waals surface area contributed by atoms with Crippen LogP contribution in [0.3, 0.4) is 0 Å². The molecule has 0 fully saturated rings. The van der Waals surface area contributed by atoms with E-state index in [4.69, 9.17) is 11.6 Å². The fourth-order valence-corrected chi connectivity index (χ4v) is 3.56. The first-order chi connectivity index (χ1) is 10.8. The molecule has 0 aliphatic heterocycles. The molecule has 0 atom stereocenters. The van der Waals surface area contributed by atoms with Gasteiger partial charge in [0, 0.05) is 26.2 Å². The van der Waals surface area contributed by atoms with Gasteiger partial charge in [0.1, 0.15) is 0 Å². The van der Waals surface area contributed by atoms with Crippen LogP contribution in [0.15, 0.2) is 24.3 Å². The molecule has 0 aliphatic rings. The van der Waals surface area contributed by atoms with E-state index in [1.54, 1.807) is 0 Å². The molecule has 0 aliphatic carbocycles. The number of rotatable bonds is 2. The molecule has 0 saturated heterocycles. The van der Waals surface area contributed by atoms with Crippen molar-refractivity contribution in [2.45, 2.75) is 0 Å². The van der Waals surface area contributed by atoms with E-state index in [2.05, 4.69) is 0 Å². The topological polar surface area (TPSA) is 76.6 Å². The SMILES string of the molecule is O=C([O-])c1sc2cc(Cl)ccc2c1-c1cc(F)c(F)c(F)c1F.[NH4+]. The molecule has 3 rings (SSSR count). The van der Waals surface area contributed by atoms with Crippen molar-refractivity contribution in [3.8, 4) is 11.1 Å². The Bertz CT molecular complexity index is 974. The summed E-state index contributed by atoms with van der Waals surface area (Å²) in [6.07, 6.45) is 0. The fraction of sp³-hybridized carbons (Fsp3) is 0. The summed E-state index contributed by atoms with van der Waals surface area (Å²) in [5, 5.41) is 11.8. The Hall–Kier alpha value is -2.16. The Balaban J connectivity index is 0.00000208. The third kappa shape index (κ3) is 2.72. The molecule has 3 nitrogen and oxygen atoms in total. The zero-order valence-electron chi connectivity index (χ0n) is 11.9. The van der Waals surface area contributed by atoms with Crippen molar-refractivity contribution in [3.05, 3.63) is 57.4 Å². The maximum atomic E-state index is 14.0. The van der Waals surface area contributed by atoms with Crippen LogP contribution in [0.25, 0.3) is 21.2 Å². The van der Waals surface area contributed by atoms with E-state index in [0.29, 0.717) is 27.1 Å². The molecule has 0 amide bonds. The maximum absolute atomic E-state index is 14.0. The molecular formula is C15H8ClF4NO2S. The molecule has 4 N–H and O–H groups in total. The van der Waals surface area contributed by atoms with Crippen LogP contribution < -0.4 is 11.3 Å². The first-order valence-corrected chi connectivity index (χ1v) is 7.27. The Morgan fingerprint density at radius 2 is 1.71 bits per heavy atom. The largest absolute Gasteiger partial charge is 0.544 e. The van der Waals surface area contributed by atoms with Crippen molar-refractivity contribution in [1.82, 2.24) is 6.15 Å². The summed E-state index contributed by atoms with van der Waals surface area (Å²) in [6.45, 7) is 0. The summed E-state index contributed by atoms with van der Waals surface area (Å²) in [5.41, 5.74) is -0.980. The number of fused-ring (bicyclic) bond motifs is 1. The predicted octanol–water partition coefficient (Wildman–Crippen LogP) is 4.52. The van der Waals surface area contributed by atoms with E-state index < -0.39 is 39.7 Å². The molecular weight excluding hydrogens is 370 g/mol. The normalized spacial score (nSPS) is 10.7. The van der Waals surface area contributed by atoms with E-state index in [9.17, 15) is 27.5 Å². The second-order valence-corrected chi connectivity index (χ2v) is 6.07. The van der Waals surface area contributed by atoms with Gasteiger partial charge in [0.15, 0.2) is 23.3 Å². The molecule has 1 aromatic heterocycles. The number of halogens is 5. The highest BCUT2D eigenvalue weighted by Gasteiger charge is 2.24. The Morgan fingerprint density at radius 3 is 2.33 bits per heavy atom. The Morgan fingerprint density at radius 1 is 1.04 bits per heavy atom. The minimum absolute atomic E-state index is 0. The highest BCUT2D eigenvalue weighted by Crippen LogP contribution is 2.41. The summed E-state index contributed by atoms with van der Waals surface area (Å²) in [7, 11) is 0. The summed E-state index contributed by atoms with van der Waals surface area (Å²) in [4.78, 5) is 10.8. The van der Waals surface area contributed by atoms with Crippen molar-refractivity contribution in [2.75, 3.05) is 0 Å². The van der Waals surface area contributed by atoms with Gasteiger partial charge < -0.3 is 16.1 Å². The van der Waals surface area contributed by atoms with Gasteiger partial charge in [-0.25, -0.2) is 17.6 Å². The molecule has 1 heterocycles. The van der Waals surface area contributed by atoms with Gasteiger partial charge in [-0.1, -0.05) is 17.7 Å². The lowest BCUT2D eigenvalue weighted by atomic mass is 10.0. The van der Waals surface area contributed by atoms with Crippen LogP contribution in [0.4, 0.5) is 17.6 Å². The van der Waals surface area contributed by atoms with Gasteiger partial charge in [0.05, 0.1) is 10.8 Å². The Kier molecular flexibility index (Phi) is 4.84. The monoisotopic (exact) mass is 377 g/mol. The van der Waals surface area contributed by atoms with Gasteiger partial charge in [0.25, 0.3) is 0 Å². The molecule has 0 spiro atoms. The van der Waals surface area contributed by atoms with Crippen molar-refractivity contribution in [1.29, 1.82) is 0 Å². The van der Waals surface area contributed by atoms with Crippen LogP contribution >= 0.6 is 22.9 Å². The number of carboxylic acids is 1. The Labute approximate surface area is 141 Å². The summed E-state index contributed by atoms with van der Waals surface area (Å²) >= 11 is 6.52. The zero-order valence-corrected chi connectivity index (χ0v) is 13.5. The number of aromatic carboxylic acids is 1. The van der Waals surface area contributed by atoms with Crippen LogP contribution in [-0.2, 0) is 0 Å². The van der Waals surface area contributed by atoms with Crippen molar-refractivity contribution < 1.29 is 27.5 Å². The van der Waals surface area contributed by atoms with Gasteiger partial charge in [-0.05, 0) is 18.2 Å². The third-order valence-electron chi connectivity index (χ3n) is 3.21. The van der Waals surface area contributed by atoms with Crippen LogP contribution in [0.5, 0.6) is 0 Å². The average Bonchev–Trinajstić information content (AvgIpc) is 2.87. The van der Waals surface area contributed by atoms with Crippen LogP contribution in [0.1, 0.15) is 9.67 Å². The highest BCUT2D eigenvalue weighted by molar-refractivity contribution is 7.21. The average molecular weight is 378 g/mol. The van der Waals surface area contributed by atoms with Gasteiger partial charge >= 0.3 is 0 Å². The van der Waals surface area contributed by atoms with E-state index >= 15 is 0 Å². The lowest BCUT2D eigenvalue weighted by Gasteiger charge is -2.09. The number of hydrogen-bond donors (Lipinski definition) is 1. The second-order valence-electron chi connectivity index (χ2n) is 4.58. The van der Waals surface area contributed by atoms with Crippen molar-refractivity contribution in [2.24, 2.45) is 0 Å².